The monoisotopic (exact) mass is 1740 g/mol. The standard InChI is InChI=1S/C42H46N2O20.C18H23NO10.C12H15NO4.C6H10O7/c1-15-30(48)22(44-41(58)60-14-17-7-8-23(21(9-17)43-16(2)46)63-40-37(55)35(53)36(54)38(64-40)39(56)57)10-26(61-15)62-24-12-42(59,25(47)13-45)11-20-27(24)34(52)29-28(33(20)51)31(49)18-5-3-4-6-19(18)32(29)50;1-3-12(21)19-10-6-9(7-27-8(2)20)4-5-11(10)28-18-13(16(24)25)14(22)15(23)17(26)29-18;1-3-12(16)13-10-6-9(4-5-11(10)15)7-17-8(2)14;7-1-2(8)4(5(10)11)13-6(12)3(1)9/h3-9,15,22,24,26,28-30,35-38,40,45,48,51-55,59H,10-14H2,1-2H3,(H,43,46)(H,44,58)(H,56,57);4-6,13-15,17-18,22-23,26H,3,7H2,1-2H3,(H,19,21)(H,24,25);4-6,15H,3,7H2,1-2H3,(H,13,16);1-4,6-9,12H,(H,10,11). The normalized spacial score (nSPS) is 29.9. The molecule has 3 aliphatic carbocycles. The molecule has 4 amide bonds. The number of anilines is 3. The zero-order valence-electron chi connectivity index (χ0n) is 66.0. The van der Waals surface area contributed by atoms with E-state index in [1.807, 2.05) is 0 Å². The molecule has 23 unspecified atom stereocenters. The number of aliphatic hydroxyl groups is 15. The summed E-state index contributed by atoms with van der Waals surface area (Å²) in [5.41, 5.74) is -0.887. The number of amides is 4. The van der Waals surface area contributed by atoms with Crippen LogP contribution in [-0.4, -0.2) is 297 Å². The summed E-state index contributed by atoms with van der Waals surface area (Å²) in [5.74, 6) is -15.5. The Morgan fingerprint density at radius 1 is 0.520 bits per heavy atom. The molecule has 4 saturated heterocycles. The van der Waals surface area contributed by atoms with Gasteiger partial charge < -0.3 is 166 Å². The number of ketones is 3. The van der Waals surface area contributed by atoms with E-state index in [1.54, 1.807) is 26.0 Å². The number of fused-ring (bicyclic) bond motifs is 3. The SMILES string of the molecule is CC(=O)Nc1cc(COC(=O)NC2CC(OC3CC(O)(C(=O)CO)CC4=C(O)C5C(=O)c6ccccc6C(=O)C5C(O)=C43)OC(C)C2O)ccc1OC1OC(C(=O)O)C(O)C(O)C1O.CCC(=O)Nc1cc(COC(C)=O)ccc1O.CCC(=O)Nc1cc(COC(C)=O)ccc1OC1OC(O)C(O)C(O)C1C(=O)O.O=C(O)C1OC(O)C(O)C(O)C1O. The molecule has 0 aromatic heterocycles. The Kier molecular flexibility index (Phi) is 33.3. The molecule has 0 spiro atoms. The third kappa shape index (κ3) is 23.5. The Labute approximate surface area is 695 Å². The van der Waals surface area contributed by atoms with E-state index in [4.69, 9.17) is 68.2 Å². The van der Waals surface area contributed by atoms with Crippen molar-refractivity contribution in [1.82, 2.24) is 5.32 Å². The summed E-state index contributed by atoms with van der Waals surface area (Å²) < 4.78 is 52.8. The van der Waals surface area contributed by atoms with Crippen LogP contribution in [0.4, 0.5) is 21.9 Å². The lowest BCUT2D eigenvalue weighted by Gasteiger charge is -2.46. The Bertz CT molecular complexity index is 4650. The number of esters is 2. The quantitative estimate of drug-likeness (QED) is 0.0210. The summed E-state index contributed by atoms with van der Waals surface area (Å²) >= 11 is 0. The molecule has 11 rings (SSSR count). The van der Waals surface area contributed by atoms with Gasteiger partial charge >= 0.3 is 35.9 Å². The second-order valence-electron chi connectivity index (χ2n) is 28.9. The van der Waals surface area contributed by atoms with E-state index < -0.39 is 231 Å². The number of allylic oxidation sites excluding steroid dienone is 2. The third-order valence-electron chi connectivity index (χ3n) is 20.1. The Hall–Kier alpha value is -11.3. The lowest BCUT2D eigenvalue weighted by atomic mass is 9.63. The van der Waals surface area contributed by atoms with Gasteiger partial charge in [-0.15, -0.1) is 0 Å². The predicted octanol–water partition coefficient (Wildman–Crippen LogP) is -2.32. The second-order valence-corrected chi connectivity index (χ2v) is 28.9. The van der Waals surface area contributed by atoms with Gasteiger partial charge in [-0.3, -0.25) is 43.2 Å². The van der Waals surface area contributed by atoms with Crippen LogP contribution in [0.3, 0.4) is 0 Å². The average molecular weight is 1740 g/mol. The molecular weight excluding hydrogens is 1650 g/mol. The highest BCUT2D eigenvalue weighted by Gasteiger charge is 2.58. The van der Waals surface area contributed by atoms with Crippen molar-refractivity contribution in [3.63, 3.8) is 0 Å². The number of hydrogen-bond donors (Lipinski definition) is 23. The number of carbonyl (C=O) groups excluding carboxylic acids is 9. The minimum Gasteiger partial charge on any atom is -0.511 e. The summed E-state index contributed by atoms with van der Waals surface area (Å²) in [6.07, 6.45) is -33.0. The Balaban J connectivity index is 0.000000258. The number of phenols is 1. The number of carboxylic acid groups (broad SMARTS) is 3. The van der Waals surface area contributed by atoms with Crippen LogP contribution in [-0.2, 0) is 101 Å². The van der Waals surface area contributed by atoms with E-state index in [0.29, 0.717) is 23.2 Å². The molecule has 1 saturated carbocycles. The van der Waals surface area contributed by atoms with Crippen molar-refractivity contribution in [2.24, 2.45) is 17.8 Å². The maximum Gasteiger partial charge on any atom is 0.407 e. The summed E-state index contributed by atoms with van der Waals surface area (Å²) in [6.45, 7) is 7.01. The highest BCUT2D eigenvalue weighted by Crippen LogP contribution is 2.51. The number of carbonyl (C=O) groups is 12. The maximum absolute atomic E-state index is 13.8. The van der Waals surface area contributed by atoms with Crippen LogP contribution in [0.2, 0.25) is 0 Å². The summed E-state index contributed by atoms with van der Waals surface area (Å²) in [5, 5.41) is 198. The van der Waals surface area contributed by atoms with E-state index in [9.17, 15) is 129 Å². The number of hydrogen-bond acceptors (Lipinski definition) is 38. The fourth-order valence-corrected chi connectivity index (χ4v) is 13.6. The molecule has 5 fully saturated rings. The molecule has 45 nitrogen and oxygen atoms in total. The number of aromatic hydroxyl groups is 1. The number of rotatable bonds is 23. The van der Waals surface area contributed by atoms with E-state index in [-0.39, 0.29) is 100 Å². The molecule has 23 atom stereocenters. The van der Waals surface area contributed by atoms with E-state index in [0.717, 1.165) is 6.92 Å². The van der Waals surface area contributed by atoms with Crippen LogP contribution in [0.25, 0.3) is 0 Å². The first-order valence-electron chi connectivity index (χ1n) is 37.7. The van der Waals surface area contributed by atoms with Crippen molar-refractivity contribution >= 4 is 88.1 Å². The summed E-state index contributed by atoms with van der Waals surface area (Å²) in [7, 11) is 0. The molecule has 123 heavy (non-hydrogen) atoms. The zero-order valence-corrected chi connectivity index (χ0v) is 66.0. The Morgan fingerprint density at radius 3 is 1.50 bits per heavy atom. The van der Waals surface area contributed by atoms with E-state index in [2.05, 4.69) is 26.0 Å². The number of aliphatic hydroxyl groups excluding tert-OH is 14. The van der Waals surface area contributed by atoms with Gasteiger partial charge in [-0.1, -0.05) is 56.3 Å². The van der Waals surface area contributed by atoms with Gasteiger partial charge in [-0.2, -0.15) is 0 Å². The number of aliphatic carboxylic acids is 3. The summed E-state index contributed by atoms with van der Waals surface area (Å²) in [6, 6.07) is 17.7. The second kappa shape index (κ2) is 42.2. The van der Waals surface area contributed by atoms with Crippen LogP contribution in [0.1, 0.15) is 111 Å². The van der Waals surface area contributed by atoms with Gasteiger partial charge in [-0.25, -0.2) is 14.4 Å². The number of alkyl carbamates (subject to hydrolysis) is 1. The fraction of sp³-hybridized carbons (Fsp3) is 0.487. The fourth-order valence-electron chi connectivity index (χ4n) is 13.6. The average Bonchev–Trinajstić information content (AvgIpc) is 0.711. The van der Waals surface area contributed by atoms with Crippen LogP contribution >= 0.6 is 0 Å². The van der Waals surface area contributed by atoms with Crippen molar-refractivity contribution in [2.75, 3.05) is 22.6 Å². The molecule has 0 radical (unpaired) electrons. The molecule has 7 aliphatic rings. The van der Waals surface area contributed by atoms with Gasteiger partial charge in [0.05, 0.1) is 47.1 Å². The summed E-state index contributed by atoms with van der Waals surface area (Å²) in [4.78, 5) is 144. The van der Waals surface area contributed by atoms with Crippen molar-refractivity contribution in [3.8, 4) is 17.2 Å². The zero-order chi connectivity index (χ0) is 91.2. The van der Waals surface area contributed by atoms with Crippen molar-refractivity contribution < 1.29 is 202 Å². The smallest absolute Gasteiger partial charge is 0.407 e. The third-order valence-corrected chi connectivity index (χ3v) is 20.1. The van der Waals surface area contributed by atoms with Gasteiger partial charge in [-0.05, 0) is 60.0 Å². The van der Waals surface area contributed by atoms with Gasteiger partial charge in [0, 0.05) is 75.1 Å². The molecule has 4 aromatic rings. The van der Waals surface area contributed by atoms with E-state index >= 15 is 0 Å². The lowest BCUT2D eigenvalue weighted by molar-refractivity contribution is -0.306. The van der Waals surface area contributed by atoms with Crippen LogP contribution in [0.5, 0.6) is 17.2 Å². The molecule has 672 valence electrons. The van der Waals surface area contributed by atoms with Crippen LogP contribution in [0.15, 0.2) is 102 Å². The largest absolute Gasteiger partial charge is 0.511 e. The van der Waals surface area contributed by atoms with Gasteiger partial charge in [0.1, 0.15) is 122 Å². The number of Topliss-reactive ketones (excluding diaryl/α,β-unsaturated/α-hetero) is 3. The molecular formula is C78H94N4O41. The molecule has 4 heterocycles. The molecule has 23 N–H and O–H groups in total. The van der Waals surface area contributed by atoms with Gasteiger partial charge in [0.25, 0.3) is 0 Å². The van der Waals surface area contributed by atoms with Crippen molar-refractivity contribution in [1.29, 1.82) is 0 Å². The Morgan fingerprint density at radius 2 is 0.992 bits per heavy atom. The van der Waals surface area contributed by atoms with Gasteiger partial charge in [0.15, 0.2) is 48.4 Å². The maximum atomic E-state index is 13.8. The highest BCUT2D eigenvalue weighted by molar-refractivity contribution is 6.18. The van der Waals surface area contributed by atoms with E-state index in [1.165, 1.54) is 87.5 Å². The van der Waals surface area contributed by atoms with Crippen LogP contribution in [0, 0.1) is 17.8 Å². The minimum absolute atomic E-state index is 0.00888. The number of benzene rings is 4. The molecule has 45 heteroatoms. The number of nitrogens with one attached hydrogen (secondary N) is 4. The minimum atomic E-state index is -2.38. The molecule has 4 aliphatic heterocycles. The first-order valence-corrected chi connectivity index (χ1v) is 37.7. The first kappa shape index (κ1) is 97.1. The van der Waals surface area contributed by atoms with Crippen LogP contribution < -0.4 is 30.7 Å². The highest BCUT2D eigenvalue weighted by atomic mass is 16.7. The predicted molar refractivity (Wildman–Crippen MR) is 405 cm³/mol. The number of ether oxygens (including phenoxy) is 10. The first-order chi connectivity index (χ1) is 57.8. The number of carboxylic acids is 3. The topological polar surface area (TPSA) is 730 Å². The van der Waals surface area contributed by atoms with Crippen molar-refractivity contribution in [2.45, 2.75) is 216 Å². The van der Waals surface area contributed by atoms with Crippen molar-refractivity contribution in [3.05, 3.63) is 129 Å². The molecule has 4 aromatic carbocycles. The lowest BCUT2D eigenvalue weighted by Crippen LogP contribution is -2.61. The number of phenolic OH excluding ortho intramolecular Hbond substituents is 1. The van der Waals surface area contributed by atoms with Gasteiger partial charge in [0.2, 0.25) is 30.3 Å². The molecule has 0 bridgehead atoms.